The Hall–Kier alpha value is -1.85. The third kappa shape index (κ3) is 4.31. The molecule has 0 heterocycles. The first-order chi connectivity index (χ1) is 10.1. The van der Waals surface area contributed by atoms with Crippen molar-refractivity contribution in [1.82, 2.24) is 0 Å². The molecule has 2 aromatic rings. The van der Waals surface area contributed by atoms with E-state index in [1.165, 1.54) is 0 Å². The lowest BCUT2D eigenvalue weighted by atomic mass is 10.1. The number of benzene rings is 2. The molecule has 0 aliphatic rings. The molecule has 0 saturated carbocycles. The van der Waals surface area contributed by atoms with Gasteiger partial charge in [-0.3, -0.25) is 4.79 Å². The van der Waals surface area contributed by atoms with E-state index in [4.69, 9.17) is 10.5 Å². The second-order valence-corrected chi connectivity index (χ2v) is 5.49. The van der Waals surface area contributed by atoms with Crippen LogP contribution in [0.15, 0.2) is 53.0 Å². The van der Waals surface area contributed by atoms with Gasteiger partial charge >= 0.3 is 0 Å². The van der Waals surface area contributed by atoms with Gasteiger partial charge in [-0.15, -0.1) is 0 Å². The molecule has 110 valence electrons. The topological polar surface area (TPSA) is 64.3 Å². The number of ether oxygens (including phenoxy) is 1. The second kappa shape index (κ2) is 7.24. The third-order valence-corrected chi connectivity index (χ3v) is 3.76. The summed E-state index contributed by atoms with van der Waals surface area (Å²) in [5.41, 5.74) is 7.63. The van der Waals surface area contributed by atoms with E-state index in [1.54, 1.807) is 13.2 Å². The molecule has 1 atom stereocenters. The predicted octanol–water partition coefficient (Wildman–Crippen LogP) is 2.97. The molecule has 2 rings (SSSR count). The van der Waals surface area contributed by atoms with Gasteiger partial charge in [-0.05, 0) is 40.0 Å². The Bertz CT molecular complexity index is 617. The maximum Gasteiger partial charge on any atom is 0.241 e. The van der Waals surface area contributed by atoms with Crippen molar-refractivity contribution < 1.29 is 9.53 Å². The van der Waals surface area contributed by atoms with Crippen molar-refractivity contribution in [2.24, 2.45) is 5.73 Å². The van der Waals surface area contributed by atoms with E-state index in [9.17, 15) is 4.79 Å². The van der Waals surface area contributed by atoms with Crippen LogP contribution in [0.5, 0.6) is 5.75 Å². The zero-order valence-corrected chi connectivity index (χ0v) is 13.3. The highest BCUT2D eigenvalue weighted by atomic mass is 79.9. The van der Waals surface area contributed by atoms with Crippen LogP contribution >= 0.6 is 15.9 Å². The van der Waals surface area contributed by atoms with Gasteiger partial charge in [-0.1, -0.05) is 30.3 Å². The summed E-state index contributed by atoms with van der Waals surface area (Å²) in [6, 6.07) is 14.5. The molecule has 0 aliphatic heterocycles. The number of hydrogen-bond acceptors (Lipinski definition) is 3. The fraction of sp³-hybridized carbons (Fsp3) is 0.188. The second-order valence-electron chi connectivity index (χ2n) is 4.63. The number of amides is 1. The van der Waals surface area contributed by atoms with E-state index in [0.717, 1.165) is 10.0 Å². The number of carbonyl (C=O) groups excluding carboxylic acids is 1. The average Bonchev–Trinajstić information content (AvgIpc) is 2.50. The minimum atomic E-state index is -0.606. The highest BCUT2D eigenvalue weighted by Crippen LogP contribution is 2.27. The van der Waals surface area contributed by atoms with Crippen molar-refractivity contribution in [2.75, 3.05) is 12.4 Å². The Morgan fingerprint density at radius 2 is 2.00 bits per heavy atom. The van der Waals surface area contributed by atoms with Crippen molar-refractivity contribution in [3.63, 3.8) is 0 Å². The number of halogens is 1. The van der Waals surface area contributed by atoms with E-state index < -0.39 is 6.04 Å². The van der Waals surface area contributed by atoms with Crippen LogP contribution < -0.4 is 15.8 Å². The number of methoxy groups -OCH3 is 1. The third-order valence-electron chi connectivity index (χ3n) is 3.07. The molecule has 4 nitrogen and oxygen atoms in total. The molecule has 0 bridgehead atoms. The molecule has 0 spiro atoms. The number of anilines is 1. The average molecular weight is 349 g/mol. The lowest BCUT2D eigenvalue weighted by Crippen LogP contribution is -2.37. The summed E-state index contributed by atoms with van der Waals surface area (Å²) in [5, 5.41) is 2.81. The molecule has 0 unspecified atom stereocenters. The number of nitrogens with one attached hydrogen (secondary N) is 1. The standard InChI is InChI=1S/C16H17BrN2O2/c1-21-12-7-8-13(17)15(10-12)19-16(20)14(18)9-11-5-3-2-4-6-11/h2-8,10,14H,9,18H2,1H3,(H,19,20)/t14-/m1/s1. The fourth-order valence-corrected chi connectivity index (χ4v) is 2.26. The van der Waals surface area contributed by atoms with Crippen LogP contribution in [0.1, 0.15) is 5.56 Å². The summed E-state index contributed by atoms with van der Waals surface area (Å²) in [6.45, 7) is 0. The molecule has 5 heteroatoms. The highest BCUT2D eigenvalue weighted by Gasteiger charge is 2.15. The van der Waals surface area contributed by atoms with E-state index in [0.29, 0.717) is 17.9 Å². The van der Waals surface area contributed by atoms with Gasteiger partial charge in [0.15, 0.2) is 0 Å². The quantitative estimate of drug-likeness (QED) is 0.872. The Balaban J connectivity index is 2.04. The van der Waals surface area contributed by atoms with Gasteiger partial charge in [0.2, 0.25) is 5.91 Å². The summed E-state index contributed by atoms with van der Waals surface area (Å²) < 4.78 is 5.93. The zero-order chi connectivity index (χ0) is 15.2. The normalized spacial score (nSPS) is 11.8. The molecule has 0 aromatic heterocycles. The zero-order valence-electron chi connectivity index (χ0n) is 11.7. The summed E-state index contributed by atoms with van der Waals surface area (Å²) in [6.07, 6.45) is 0.494. The Morgan fingerprint density at radius 3 is 2.67 bits per heavy atom. The molecular formula is C16H17BrN2O2. The number of nitrogens with two attached hydrogens (primary N) is 1. The van der Waals surface area contributed by atoms with Crippen molar-refractivity contribution in [1.29, 1.82) is 0 Å². The minimum absolute atomic E-state index is 0.229. The number of carbonyl (C=O) groups is 1. The Kier molecular flexibility index (Phi) is 5.36. The van der Waals surface area contributed by atoms with Crippen molar-refractivity contribution in [3.8, 4) is 5.75 Å². The maximum absolute atomic E-state index is 12.2. The Labute approximate surface area is 132 Å². The van der Waals surface area contributed by atoms with Gasteiger partial charge in [-0.2, -0.15) is 0 Å². The van der Waals surface area contributed by atoms with Crippen molar-refractivity contribution in [3.05, 3.63) is 58.6 Å². The summed E-state index contributed by atoms with van der Waals surface area (Å²) in [7, 11) is 1.58. The molecule has 0 aliphatic carbocycles. The number of hydrogen-bond donors (Lipinski definition) is 2. The molecular weight excluding hydrogens is 332 g/mol. The van der Waals surface area contributed by atoms with Gasteiger partial charge in [0.1, 0.15) is 5.75 Å². The monoisotopic (exact) mass is 348 g/mol. The van der Waals surface area contributed by atoms with Gasteiger partial charge in [-0.25, -0.2) is 0 Å². The van der Waals surface area contributed by atoms with Gasteiger partial charge in [0, 0.05) is 10.5 Å². The number of rotatable bonds is 5. The van der Waals surface area contributed by atoms with Crippen molar-refractivity contribution in [2.45, 2.75) is 12.5 Å². The molecule has 1 amide bonds. The smallest absolute Gasteiger partial charge is 0.241 e. The van der Waals surface area contributed by atoms with Crippen LogP contribution in [0.3, 0.4) is 0 Å². The lowest BCUT2D eigenvalue weighted by Gasteiger charge is -2.14. The highest BCUT2D eigenvalue weighted by molar-refractivity contribution is 9.10. The molecule has 0 fully saturated rings. The van der Waals surface area contributed by atoms with Crippen LogP contribution in [0.2, 0.25) is 0 Å². The first-order valence-electron chi connectivity index (χ1n) is 6.54. The minimum Gasteiger partial charge on any atom is -0.497 e. The van der Waals surface area contributed by atoms with Gasteiger partial charge in [0.25, 0.3) is 0 Å². The molecule has 21 heavy (non-hydrogen) atoms. The van der Waals surface area contributed by atoms with E-state index in [-0.39, 0.29) is 5.91 Å². The van der Waals surface area contributed by atoms with E-state index >= 15 is 0 Å². The predicted molar refractivity (Wildman–Crippen MR) is 87.4 cm³/mol. The lowest BCUT2D eigenvalue weighted by molar-refractivity contribution is -0.117. The SMILES string of the molecule is COc1ccc(Br)c(NC(=O)[C@H](N)Cc2ccccc2)c1. The van der Waals surface area contributed by atoms with Crippen LogP contribution in [0.4, 0.5) is 5.69 Å². The van der Waals surface area contributed by atoms with Crippen LogP contribution in [-0.2, 0) is 11.2 Å². The maximum atomic E-state index is 12.2. The van der Waals surface area contributed by atoms with E-state index in [2.05, 4.69) is 21.2 Å². The van der Waals surface area contributed by atoms with Crippen LogP contribution in [0.25, 0.3) is 0 Å². The molecule has 2 aromatic carbocycles. The Morgan fingerprint density at radius 1 is 1.29 bits per heavy atom. The molecule has 3 N–H and O–H groups in total. The first kappa shape index (κ1) is 15.5. The van der Waals surface area contributed by atoms with Crippen LogP contribution in [0, 0.1) is 0 Å². The van der Waals surface area contributed by atoms with Gasteiger partial charge < -0.3 is 15.8 Å². The first-order valence-corrected chi connectivity index (χ1v) is 7.33. The summed E-state index contributed by atoms with van der Waals surface area (Å²) >= 11 is 3.39. The van der Waals surface area contributed by atoms with Gasteiger partial charge in [0.05, 0.1) is 18.8 Å². The largest absolute Gasteiger partial charge is 0.497 e. The molecule has 0 saturated heterocycles. The van der Waals surface area contributed by atoms with E-state index in [1.807, 2.05) is 42.5 Å². The fourth-order valence-electron chi connectivity index (χ4n) is 1.91. The summed E-state index contributed by atoms with van der Waals surface area (Å²) in [4.78, 5) is 12.2. The molecule has 0 radical (unpaired) electrons. The van der Waals surface area contributed by atoms with Crippen LogP contribution in [-0.4, -0.2) is 19.1 Å². The summed E-state index contributed by atoms with van der Waals surface area (Å²) in [5.74, 6) is 0.443. The van der Waals surface area contributed by atoms with Crippen molar-refractivity contribution >= 4 is 27.5 Å².